The number of benzene rings is 1. The summed E-state index contributed by atoms with van der Waals surface area (Å²) in [4.78, 5) is 9.85. The second-order valence-corrected chi connectivity index (χ2v) is 4.40. The summed E-state index contributed by atoms with van der Waals surface area (Å²) in [7, 11) is 0. The van der Waals surface area contributed by atoms with Gasteiger partial charge in [0.1, 0.15) is 0 Å². The fourth-order valence-corrected chi connectivity index (χ4v) is 2.03. The average molecular weight is 224 g/mol. The van der Waals surface area contributed by atoms with Gasteiger partial charge in [-0.25, -0.2) is 0 Å². The van der Waals surface area contributed by atoms with E-state index in [-0.39, 0.29) is 5.54 Å². The van der Waals surface area contributed by atoms with E-state index < -0.39 is 16.4 Å². The Morgan fingerprint density at radius 2 is 2.19 bits per heavy atom. The molecular weight excluding hydrogens is 211 g/mol. The Hall–Kier alpha value is -1.49. The summed E-state index contributed by atoms with van der Waals surface area (Å²) >= 11 is 0. The van der Waals surface area contributed by atoms with Gasteiger partial charge in [0, 0.05) is 11.6 Å². The molecule has 0 amide bonds. The Labute approximate surface area is 92.4 Å². The molecule has 1 fully saturated rings. The third kappa shape index (κ3) is 1.90. The van der Waals surface area contributed by atoms with Crippen molar-refractivity contribution in [2.24, 2.45) is 5.73 Å². The third-order valence-electron chi connectivity index (χ3n) is 3.15. The van der Waals surface area contributed by atoms with Gasteiger partial charge in [-0.15, -0.1) is 0 Å². The number of halogens is 1. The molecule has 0 heterocycles. The van der Waals surface area contributed by atoms with Gasteiger partial charge in [-0.05, 0) is 31.2 Å². The zero-order valence-corrected chi connectivity index (χ0v) is 8.78. The summed E-state index contributed by atoms with van der Waals surface area (Å²) in [5, 5.41) is 10.6. The van der Waals surface area contributed by atoms with Crippen LogP contribution in [0.2, 0.25) is 0 Å². The fraction of sp³-hybridized carbons (Fsp3) is 0.455. The topological polar surface area (TPSA) is 69.2 Å². The van der Waals surface area contributed by atoms with E-state index in [4.69, 9.17) is 5.73 Å². The smallest absolute Gasteiger partial charge is 0.305 e. The largest absolute Gasteiger partial charge is 0.325 e. The number of nitrogens with zero attached hydrogens (tertiary/aromatic N) is 1. The number of rotatable bonds is 3. The first-order chi connectivity index (χ1) is 7.52. The lowest BCUT2D eigenvalue weighted by molar-refractivity contribution is -0.387. The van der Waals surface area contributed by atoms with Crippen molar-refractivity contribution >= 4 is 5.69 Å². The van der Waals surface area contributed by atoms with E-state index in [0.717, 1.165) is 19.3 Å². The van der Waals surface area contributed by atoms with E-state index in [0.29, 0.717) is 12.0 Å². The van der Waals surface area contributed by atoms with E-state index in [1.807, 2.05) is 0 Å². The Morgan fingerprint density at radius 3 is 2.69 bits per heavy atom. The molecule has 1 aromatic carbocycles. The predicted molar refractivity (Wildman–Crippen MR) is 57.5 cm³/mol. The van der Waals surface area contributed by atoms with Crippen molar-refractivity contribution in [1.82, 2.24) is 0 Å². The Morgan fingerprint density at radius 1 is 1.50 bits per heavy atom. The first-order valence-electron chi connectivity index (χ1n) is 5.22. The van der Waals surface area contributed by atoms with Gasteiger partial charge < -0.3 is 5.73 Å². The van der Waals surface area contributed by atoms with Gasteiger partial charge in [-0.1, -0.05) is 12.1 Å². The summed E-state index contributed by atoms with van der Waals surface area (Å²) in [5.41, 5.74) is 5.50. The van der Waals surface area contributed by atoms with Gasteiger partial charge in [0.2, 0.25) is 5.82 Å². The van der Waals surface area contributed by atoms with Crippen LogP contribution in [0.1, 0.15) is 24.8 Å². The summed E-state index contributed by atoms with van der Waals surface area (Å²) < 4.78 is 13.7. The highest BCUT2D eigenvalue weighted by molar-refractivity contribution is 5.37. The Bertz CT molecular complexity index is 430. The van der Waals surface area contributed by atoms with Crippen molar-refractivity contribution in [3.05, 3.63) is 39.7 Å². The van der Waals surface area contributed by atoms with Gasteiger partial charge in [0.25, 0.3) is 0 Å². The third-order valence-corrected chi connectivity index (χ3v) is 3.15. The molecule has 0 aromatic heterocycles. The first-order valence-corrected chi connectivity index (χ1v) is 5.22. The number of hydrogen-bond acceptors (Lipinski definition) is 3. The molecule has 0 aliphatic heterocycles. The van der Waals surface area contributed by atoms with Crippen LogP contribution < -0.4 is 5.73 Å². The summed E-state index contributed by atoms with van der Waals surface area (Å²) in [6.07, 6.45) is 3.14. The minimum absolute atomic E-state index is 0.344. The standard InChI is InChI=1S/C11H13FN2O2/c12-10-8(7-11(13)5-2-6-11)3-1-4-9(10)14(15)16/h1,3-4H,2,5-7,13H2. The molecule has 5 heteroatoms. The molecule has 0 saturated heterocycles. The second-order valence-electron chi connectivity index (χ2n) is 4.40. The van der Waals surface area contributed by atoms with Crippen molar-refractivity contribution in [2.45, 2.75) is 31.2 Å². The van der Waals surface area contributed by atoms with Crippen LogP contribution in [0.4, 0.5) is 10.1 Å². The van der Waals surface area contributed by atoms with Crippen LogP contribution in [0, 0.1) is 15.9 Å². The SMILES string of the molecule is NC1(Cc2cccc([N+](=O)[O-])c2F)CCC1. The number of hydrogen-bond donors (Lipinski definition) is 1. The van der Waals surface area contributed by atoms with Gasteiger partial charge in [-0.3, -0.25) is 10.1 Å². The maximum absolute atomic E-state index is 13.7. The minimum Gasteiger partial charge on any atom is -0.325 e. The molecule has 0 radical (unpaired) electrons. The molecule has 4 nitrogen and oxygen atoms in total. The highest BCUT2D eigenvalue weighted by Crippen LogP contribution is 2.34. The molecule has 2 rings (SSSR count). The van der Waals surface area contributed by atoms with Crippen LogP contribution in [0.25, 0.3) is 0 Å². The molecule has 0 spiro atoms. The number of nitro benzene ring substituents is 1. The maximum atomic E-state index is 13.7. The van der Waals surface area contributed by atoms with Crippen LogP contribution in [-0.4, -0.2) is 10.5 Å². The average Bonchev–Trinajstić information content (AvgIpc) is 2.18. The van der Waals surface area contributed by atoms with Crippen LogP contribution in [0.5, 0.6) is 0 Å². The normalized spacial score (nSPS) is 17.9. The van der Waals surface area contributed by atoms with Gasteiger partial charge >= 0.3 is 5.69 Å². The van der Waals surface area contributed by atoms with E-state index in [2.05, 4.69) is 0 Å². The molecule has 86 valence electrons. The van der Waals surface area contributed by atoms with Gasteiger partial charge in [0.15, 0.2) is 0 Å². The summed E-state index contributed by atoms with van der Waals surface area (Å²) in [6.45, 7) is 0. The van der Waals surface area contributed by atoms with Crippen LogP contribution in [0.3, 0.4) is 0 Å². The van der Waals surface area contributed by atoms with Crippen molar-refractivity contribution in [1.29, 1.82) is 0 Å². The van der Waals surface area contributed by atoms with Crippen molar-refractivity contribution < 1.29 is 9.31 Å². The lowest BCUT2D eigenvalue weighted by Crippen LogP contribution is -2.48. The summed E-state index contributed by atoms with van der Waals surface area (Å²) in [5.74, 6) is -0.746. The van der Waals surface area contributed by atoms with E-state index >= 15 is 0 Å². The first kappa shape index (κ1) is 11.0. The number of nitro groups is 1. The van der Waals surface area contributed by atoms with Gasteiger partial charge in [0.05, 0.1) is 4.92 Å². The maximum Gasteiger partial charge on any atom is 0.305 e. The molecular formula is C11H13FN2O2. The van der Waals surface area contributed by atoms with Gasteiger partial charge in [-0.2, -0.15) is 4.39 Å². The molecule has 0 unspecified atom stereocenters. The molecule has 16 heavy (non-hydrogen) atoms. The predicted octanol–water partition coefficient (Wildman–Crippen LogP) is 2.16. The summed E-state index contributed by atoms with van der Waals surface area (Å²) in [6, 6.07) is 4.23. The molecule has 0 atom stereocenters. The highest BCUT2D eigenvalue weighted by atomic mass is 19.1. The molecule has 2 N–H and O–H groups in total. The zero-order chi connectivity index (χ0) is 11.8. The molecule has 1 aliphatic rings. The Balaban J connectivity index is 2.27. The lowest BCUT2D eigenvalue weighted by Gasteiger charge is -2.38. The zero-order valence-electron chi connectivity index (χ0n) is 8.78. The van der Waals surface area contributed by atoms with Crippen LogP contribution in [-0.2, 0) is 6.42 Å². The lowest BCUT2D eigenvalue weighted by atomic mass is 9.73. The van der Waals surface area contributed by atoms with Crippen molar-refractivity contribution in [2.75, 3.05) is 0 Å². The second kappa shape index (κ2) is 3.83. The quantitative estimate of drug-likeness (QED) is 0.631. The number of nitrogens with two attached hydrogens (primary N) is 1. The molecule has 1 aliphatic carbocycles. The van der Waals surface area contributed by atoms with E-state index in [1.54, 1.807) is 6.07 Å². The minimum atomic E-state index is -0.746. The molecule has 1 saturated carbocycles. The monoisotopic (exact) mass is 224 g/mol. The van der Waals surface area contributed by atoms with Crippen LogP contribution in [0.15, 0.2) is 18.2 Å². The fourth-order valence-electron chi connectivity index (χ4n) is 2.03. The van der Waals surface area contributed by atoms with Crippen LogP contribution >= 0.6 is 0 Å². The Kier molecular flexibility index (Phi) is 2.63. The molecule has 1 aromatic rings. The van der Waals surface area contributed by atoms with Crippen molar-refractivity contribution in [3.8, 4) is 0 Å². The highest BCUT2D eigenvalue weighted by Gasteiger charge is 2.34. The molecule has 0 bridgehead atoms. The van der Waals surface area contributed by atoms with Crippen molar-refractivity contribution in [3.63, 3.8) is 0 Å². The van der Waals surface area contributed by atoms with E-state index in [1.165, 1.54) is 12.1 Å². The van der Waals surface area contributed by atoms with E-state index in [9.17, 15) is 14.5 Å².